The fourth-order valence-corrected chi connectivity index (χ4v) is 7.68. The molecule has 1 aromatic rings. The Bertz CT molecular complexity index is 1020. The van der Waals surface area contributed by atoms with E-state index in [1.165, 1.54) is 0 Å². The normalized spacial score (nSPS) is 21.0. The Balaban J connectivity index is 1.74. The van der Waals surface area contributed by atoms with Crippen molar-refractivity contribution in [1.29, 1.82) is 0 Å². The maximum absolute atomic E-state index is 13.4. The molecule has 11 heteroatoms. The van der Waals surface area contributed by atoms with E-state index in [9.17, 15) is 26.8 Å². The summed E-state index contributed by atoms with van der Waals surface area (Å²) in [6.07, 6.45) is 2.49. The maximum atomic E-state index is 13.4. The predicted octanol–water partition coefficient (Wildman–Crippen LogP) is 7.80. The second-order valence-corrected chi connectivity index (χ2v) is 19.9. The van der Waals surface area contributed by atoms with Gasteiger partial charge in [0.25, 0.3) is 0 Å². The third-order valence-corrected chi connectivity index (χ3v) is 15.8. The largest absolute Gasteiger partial charge is 0.616 e. The number of quaternary nitrogens is 1. The highest BCUT2D eigenvalue weighted by Crippen LogP contribution is 2.38. The summed E-state index contributed by atoms with van der Waals surface area (Å²) in [7, 11) is -4.97. The first-order valence-electron chi connectivity index (χ1n) is 14.7. The fourth-order valence-electron chi connectivity index (χ4n) is 5.14. The molecule has 232 valence electrons. The summed E-state index contributed by atoms with van der Waals surface area (Å²) in [5.74, 6) is 0.477. The van der Waals surface area contributed by atoms with Crippen LogP contribution in [0.25, 0.3) is 0 Å². The number of sulfonamides is 1. The average Bonchev–Trinajstić information content (AvgIpc) is 2.86. The van der Waals surface area contributed by atoms with E-state index >= 15 is 0 Å². The van der Waals surface area contributed by atoms with Crippen molar-refractivity contribution in [1.82, 2.24) is 4.90 Å². The third kappa shape index (κ3) is 9.26. The quantitative estimate of drug-likeness (QED) is 0.0933. The summed E-state index contributed by atoms with van der Waals surface area (Å²) in [6, 6.07) is 2.59. The van der Waals surface area contributed by atoms with Crippen LogP contribution in [0.15, 0.2) is 29.2 Å². The number of hydroxylamine groups is 2. The van der Waals surface area contributed by atoms with Crippen LogP contribution in [0.1, 0.15) is 84.6 Å². The van der Waals surface area contributed by atoms with Gasteiger partial charge in [-0.05, 0) is 80.7 Å². The van der Waals surface area contributed by atoms with Crippen LogP contribution in [0, 0.1) is 11.1 Å². The molecule has 0 spiro atoms. The molecule has 0 saturated heterocycles. The molecule has 1 saturated carbocycles. The van der Waals surface area contributed by atoms with Crippen LogP contribution in [0.3, 0.4) is 0 Å². The lowest BCUT2D eigenvalue weighted by Crippen LogP contribution is -2.52. The van der Waals surface area contributed by atoms with Gasteiger partial charge in [-0.15, -0.1) is 0 Å². The lowest BCUT2D eigenvalue weighted by Gasteiger charge is -2.45. The van der Waals surface area contributed by atoms with E-state index < -0.39 is 40.2 Å². The van der Waals surface area contributed by atoms with Crippen LogP contribution in [-0.4, -0.2) is 65.0 Å². The van der Waals surface area contributed by atoms with Crippen molar-refractivity contribution in [2.75, 3.05) is 33.3 Å². The number of benzene rings is 1. The van der Waals surface area contributed by atoms with Crippen LogP contribution < -0.4 is 0 Å². The summed E-state index contributed by atoms with van der Waals surface area (Å²) < 4.78 is 69.5. The Hall–Kier alpha value is -0.983. The average molecular weight is 609 g/mol. The number of hydrogen-bond acceptors (Lipinski definition) is 5. The number of alkyl halides is 3. The fraction of sp³-hybridized carbons (Fsp3) is 0.793. The first-order chi connectivity index (χ1) is 18.3. The molecule has 0 radical (unpaired) electrons. The van der Waals surface area contributed by atoms with Gasteiger partial charge in [-0.1, -0.05) is 47.0 Å². The maximum Gasteiger partial charge on any atom is 0.416 e. The number of nitrogens with zero attached hydrogens (tertiary/aromatic N) is 2. The smallest absolute Gasteiger partial charge is 0.416 e. The molecule has 0 aromatic heterocycles. The summed E-state index contributed by atoms with van der Waals surface area (Å²) in [6.45, 7) is 17.3. The molecule has 0 amide bonds. The minimum Gasteiger partial charge on any atom is -0.616 e. The Labute approximate surface area is 241 Å². The highest BCUT2D eigenvalue weighted by atomic mass is 32.2. The van der Waals surface area contributed by atoms with E-state index in [1.807, 2.05) is 0 Å². The summed E-state index contributed by atoms with van der Waals surface area (Å²) in [5, 5.41) is 13.6. The van der Waals surface area contributed by atoms with Gasteiger partial charge in [0.15, 0.2) is 8.32 Å². The zero-order valence-corrected chi connectivity index (χ0v) is 27.3. The van der Waals surface area contributed by atoms with Crippen LogP contribution in [0.5, 0.6) is 0 Å². The van der Waals surface area contributed by atoms with Crippen molar-refractivity contribution in [3.63, 3.8) is 0 Å². The van der Waals surface area contributed by atoms with Gasteiger partial charge in [-0.3, -0.25) is 4.05 Å². The zero-order chi connectivity index (χ0) is 30.4. The highest BCUT2D eigenvalue weighted by Gasteiger charge is 2.41. The Morgan fingerprint density at radius 1 is 1.00 bits per heavy atom. The van der Waals surface area contributed by atoms with E-state index in [0.717, 1.165) is 83.9 Å². The van der Waals surface area contributed by atoms with Gasteiger partial charge in [0.1, 0.15) is 10.9 Å². The molecule has 0 N–H and O–H groups in total. The molecule has 0 heterocycles. The molecular formula is C29H51F3N2O4SSi. The number of halogens is 3. The number of hydrogen-bond donors (Lipinski definition) is 0. The monoisotopic (exact) mass is 608 g/mol. The molecule has 6 nitrogen and oxygen atoms in total. The van der Waals surface area contributed by atoms with Crippen molar-refractivity contribution < 1.29 is 30.1 Å². The lowest BCUT2D eigenvalue weighted by atomic mass is 9.83. The Kier molecular flexibility index (Phi) is 12.3. The van der Waals surface area contributed by atoms with Gasteiger partial charge >= 0.3 is 16.2 Å². The molecule has 1 unspecified atom stereocenters. The van der Waals surface area contributed by atoms with E-state index in [4.69, 9.17) is 4.43 Å². The minimum absolute atomic E-state index is 0.217. The van der Waals surface area contributed by atoms with E-state index in [1.54, 1.807) is 0 Å². The summed E-state index contributed by atoms with van der Waals surface area (Å²) >= 11 is 0. The molecule has 1 aliphatic carbocycles. The zero-order valence-electron chi connectivity index (χ0n) is 25.5. The van der Waals surface area contributed by atoms with Crippen LogP contribution >= 0.6 is 0 Å². The molecule has 1 fully saturated rings. The van der Waals surface area contributed by atoms with Crippen molar-refractivity contribution in [2.45, 2.75) is 114 Å². The minimum atomic E-state index is -4.56. The molecule has 2 rings (SSSR count). The topological polar surface area (TPSA) is 69.7 Å². The molecule has 0 aliphatic heterocycles. The number of rotatable bonds is 14. The molecular weight excluding hydrogens is 557 g/mol. The third-order valence-electron chi connectivity index (χ3n) is 9.15. The van der Waals surface area contributed by atoms with Crippen molar-refractivity contribution in [2.24, 2.45) is 5.92 Å². The standard InChI is InChI=1S/C29H51F3N2O4SSi/c1-8-33(22-23-38-40(6,7)28(2,3)4)21-11-9-10-12-24-13-17-26(18-14-24)34(5,35)39(36,37)27-19-15-25(16-20-27)29(30,31)32/h15-16,19-20,24,26H,8-14,17-18,21-23H2,1-7H3. The molecule has 1 atom stereocenters. The van der Waals surface area contributed by atoms with Crippen LogP contribution in [-0.2, 0) is 20.6 Å². The molecule has 0 bridgehead atoms. The van der Waals surface area contributed by atoms with Gasteiger partial charge in [0, 0.05) is 26.0 Å². The van der Waals surface area contributed by atoms with Gasteiger partial charge in [-0.2, -0.15) is 21.6 Å². The van der Waals surface area contributed by atoms with Gasteiger partial charge in [0.05, 0.1) is 12.6 Å². The first-order valence-corrected chi connectivity index (χ1v) is 19.0. The van der Waals surface area contributed by atoms with Crippen molar-refractivity contribution >= 4 is 18.3 Å². The molecule has 40 heavy (non-hydrogen) atoms. The number of unbranched alkanes of at least 4 members (excludes halogenated alkanes) is 2. The van der Waals surface area contributed by atoms with Crippen LogP contribution in [0.4, 0.5) is 13.2 Å². The van der Waals surface area contributed by atoms with Crippen molar-refractivity contribution in [3.05, 3.63) is 35.0 Å². The summed E-state index contributed by atoms with van der Waals surface area (Å²) in [5.41, 5.74) is -0.940. The second-order valence-electron chi connectivity index (χ2n) is 13.0. The van der Waals surface area contributed by atoms with E-state index in [2.05, 4.69) is 45.7 Å². The summed E-state index contributed by atoms with van der Waals surface area (Å²) in [4.78, 5) is 2.08. The highest BCUT2D eigenvalue weighted by molar-refractivity contribution is 7.86. The first kappa shape index (κ1) is 35.2. The Morgan fingerprint density at radius 2 is 1.57 bits per heavy atom. The SMILES string of the molecule is CCN(CCCCCC1CCC([N+](C)([O-])S(=O)(=O)c2ccc(C(F)(F)F)cc2)CC1)CCO[Si](C)(C)C(C)(C)C. The van der Waals surface area contributed by atoms with E-state index in [0.29, 0.717) is 30.9 Å². The van der Waals surface area contributed by atoms with Gasteiger partial charge in [0.2, 0.25) is 0 Å². The van der Waals surface area contributed by atoms with Crippen LogP contribution in [0.2, 0.25) is 18.1 Å². The molecule has 1 aromatic carbocycles. The molecule has 1 aliphatic rings. The predicted molar refractivity (Wildman–Crippen MR) is 158 cm³/mol. The second kappa shape index (κ2) is 14.0. The lowest BCUT2D eigenvalue weighted by molar-refractivity contribution is -0.762. The Morgan fingerprint density at radius 3 is 2.08 bits per heavy atom. The van der Waals surface area contributed by atoms with E-state index in [-0.39, 0.29) is 9.93 Å². The van der Waals surface area contributed by atoms with Gasteiger partial charge < -0.3 is 14.5 Å². The van der Waals surface area contributed by atoms with Crippen molar-refractivity contribution in [3.8, 4) is 0 Å². The van der Waals surface area contributed by atoms with Gasteiger partial charge in [-0.25, -0.2) is 0 Å². The number of likely N-dealkylation sites (N-methyl/N-ethyl adjacent to an activating group) is 1.